The first-order chi connectivity index (χ1) is 16.2. The van der Waals surface area contributed by atoms with Crippen LogP contribution in [0.15, 0.2) is 48.5 Å². The third-order valence-electron chi connectivity index (χ3n) is 6.64. The highest BCUT2D eigenvalue weighted by atomic mass is 32.2. The topological polar surface area (TPSA) is 105 Å². The lowest BCUT2D eigenvalue weighted by atomic mass is 9.94. The zero-order chi connectivity index (χ0) is 24.0. The van der Waals surface area contributed by atoms with Gasteiger partial charge < -0.3 is 16.0 Å². The van der Waals surface area contributed by atoms with Gasteiger partial charge in [-0.3, -0.25) is 4.79 Å². The lowest BCUT2D eigenvalue weighted by molar-refractivity contribution is 0.0946. The van der Waals surface area contributed by atoms with Gasteiger partial charge in [-0.2, -0.15) is 4.39 Å². The van der Waals surface area contributed by atoms with Gasteiger partial charge in [0.1, 0.15) is 5.82 Å². The van der Waals surface area contributed by atoms with Crippen LogP contribution in [-0.2, 0) is 16.3 Å². The van der Waals surface area contributed by atoms with Gasteiger partial charge in [0.2, 0.25) is 5.95 Å². The lowest BCUT2D eigenvalue weighted by Crippen LogP contribution is -2.31. The monoisotopic (exact) mass is 480 g/mol. The number of rotatable bonds is 4. The standard InChI is InChI=1S/C25H25FN4O3S/c1-34(32,33)19-9-11-30(14-19)18-5-2-15(3-6-18)21-13-22(24(27)29-23(21)26)16-4-7-20-17(12-16)8-10-28-25(20)31/h2-7,12-13,19H,8-11,14H2,1H3,(H2,27,29)(H,28,31)/t19-/m1/s1. The van der Waals surface area contributed by atoms with E-state index in [2.05, 4.69) is 10.3 Å². The number of nitrogen functional groups attached to an aromatic ring is 1. The Kier molecular flexibility index (Phi) is 5.51. The van der Waals surface area contributed by atoms with Crippen molar-refractivity contribution in [3.8, 4) is 22.3 Å². The molecule has 1 fully saturated rings. The van der Waals surface area contributed by atoms with E-state index in [0.29, 0.717) is 54.7 Å². The number of halogens is 1. The maximum Gasteiger partial charge on any atom is 0.251 e. The van der Waals surface area contributed by atoms with E-state index in [4.69, 9.17) is 5.73 Å². The molecule has 2 aliphatic heterocycles. The number of hydrogen-bond donors (Lipinski definition) is 2. The number of fused-ring (bicyclic) bond motifs is 1. The number of pyridine rings is 1. The number of aromatic nitrogens is 1. The fourth-order valence-corrected chi connectivity index (χ4v) is 5.68. The normalized spacial score (nSPS) is 18.0. The minimum Gasteiger partial charge on any atom is -0.383 e. The molecule has 7 nitrogen and oxygen atoms in total. The van der Waals surface area contributed by atoms with Crippen molar-refractivity contribution in [3.05, 3.63) is 65.6 Å². The first-order valence-electron chi connectivity index (χ1n) is 11.1. The molecule has 0 saturated carbocycles. The summed E-state index contributed by atoms with van der Waals surface area (Å²) in [5.41, 5.74) is 10.9. The number of nitrogens with two attached hydrogens (primary N) is 1. The summed E-state index contributed by atoms with van der Waals surface area (Å²) in [6.07, 6.45) is 2.59. The smallest absolute Gasteiger partial charge is 0.251 e. The Morgan fingerprint density at radius 1 is 1.06 bits per heavy atom. The fraction of sp³-hybridized carbons (Fsp3) is 0.280. The van der Waals surface area contributed by atoms with Gasteiger partial charge in [-0.05, 0) is 53.8 Å². The molecule has 3 N–H and O–H groups in total. The number of carbonyl (C=O) groups is 1. The van der Waals surface area contributed by atoms with E-state index in [1.165, 1.54) is 6.26 Å². The second-order valence-corrected chi connectivity index (χ2v) is 11.2. The zero-order valence-electron chi connectivity index (χ0n) is 18.7. The van der Waals surface area contributed by atoms with Crippen LogP contribution in [0.1, 0.15) is 22.3 Å². The van der Waals surface area contributed by atoms with Crippen molar-refractivity contribution in [3.63, 3.8) is 0 Å². The molecule has 3 aromatic rings. The van der Waals surface area contributed by atoms with Gasteiger partial charge in [-0.25, -0.2) is 13.4 Å². The summed E-state index contributed by atoms with van der Waals surface area (Å²) >= 11 is 0. The number of benzene rings is 2. The Labute approximate surface area is 197 Å². The van der Waals surface area contributed by atoms with Crippen LogP contribution in [0.25, 0.3) is 22.3 Å². The molecule has 2 aliphatic rings. The summed E-state index contributed by atoms with van der Waals surface area (Å²) in [6.45, 7) is 1.69. The van der Waals surface area contributed by atoms with Crippen molar-refractivity contribution < 1.29 is 17.6 Å². The second-order valence-electron chi connectivity index (χ2n) is 8.87. The molecule has 9 heteroatoms. The van der Waals surface area contributed by atoms with Crippen LogP contribution >= 0.6 is 0 Å². The Balaban J connectivity index is 1.45. The van der Waals surface area contributed by atoms with Crippen molar-refractivity contribution in [2.75, 3.05) is 36.5 Å². The molecule has 1 aromatic heterocycles. The zero-order valence-corrected chi connectivity index (χ0v) is 19.5. The molecule has 0 aliphatic carbocycles. The Bertz CT molecular complexity index is 1390. The van der Waals surface area contributed by atoms with Crippen LogP contribution in [0.5, 0.6) is 0 Å². The van der Waals surface area contributed by atoms with Crippen molar-refractivity contribution in [1.82, 2.24) is 10.3 Å². The van der Waals surface area contributed by atoms with Gasteiger partial charge >= 0.3 is 0 Å². The second kappa shape index (κ2) is 8.39. The van der Waals surface area contributed by atoms with Gasteiger partial charge in [0.05, 0.1) is 5.25 Å². The molecule has 0 radical (unpaired) electrons. The van der Waals surface area contributed by atoms with E-state index in [-0.39, 0.29) is 17.0 Å². The molecule has 2 aromatic carbocycles. The first-order valence-corrected chi connectivity index (χ1v) is 13.1. The summed E-state index contributed by atoms with van der Waals surface area (Å²) < 4.78 is 38.5. The highest BCUT2D eigenvalue weighted by molar-refractivity contribution is 7.91. The van der Waals surface area contributed by atoms with E-state index in [1.54, 1.807) is 30.3 Å². The molecule has 3 heterocycles. The lowest BCUT2D eigenvalue weighted by Gasteiger charge is -2.19. The quantitative estimate of drug-likeness (QED) is 0.556. The molecular weight excluding hydrogens is 455 g/mol. The van der Waals surface area contributed by atoms with Crippen molar-refractivity contribution in [2.45, 2.75) is 18.1 Å². The van der Waals surface area contributed by atoms with E-state index < -0.39 is 15.8 Å². The largest absolute Gasteiger partial charge is 0.383 e. The van der Waals surface area contributed by atoms with E-state index in [1.807, 2.05) is 23.1 Å². The van der Waals surface area contributed by atoms with E-state index in [9.17, 15) is 17.6 Å². The summed E-state index contributed by atoms with van der Waals surface area (Å²) in [6, 6.07) is 14.5. The molecule has 0 unspecified atom stereocenters. The van der Waals surface area contributed by atoms with Gasteiger partial charge in [-0.15, -0.1) is 0 Å². The number of nitrogens with one attached hydrogen (secondary N) is 1. The molecule has 0 bridgehead atoms. The molecule has 34 heavy (non-hydrogen) atoms. The number of carbonyl (C=O) groups excluding carboxylic acids is 1. The van der Waals surface area contributed by atoms with Gasteiger partial charge in [0, 0.05) is 48.3 Å². The Hall–Kier alpha value is -3.46. The number of nitrogens with zero attached hydrogens (tertiary/aromatic N) is 2. The molecule has 5 rings (SSSR count). The highest BCUT2D eigenvalue weighted by Gasteiger charge is 2.30. The van der Waals surface area contributed by atoms with Crippen LogP contribution in [0.4, 0.5) is 15.9 Å². The summed E-state index contributed by atoms with van der Waals surface area (Å²) in [4.78, 5) is 18.0. The predicted octanol–water partition coefficient (Wildman–Crippen LogP) is 3.05. The fourth-order valence-electron chi connectivity index (χ4n) is 4.70. The molecule has 176 valence electrons. The minimum absolute atomic E-state index is 0.0852. The molecule has 1 amide bonds. The molecule has 1 saturated heterocycles. The number of hydrogen-bond acceptors (Lipinski definition) is 6. The van der Waals surface area contributed by atoms with Crippen LogP contribution in [0, 0.1) is 5.95 Å². The van der Waals surface area contributed by atoms with Gasteiger partial charge in [-0.1, -0.05) is 24.3 Å². The Morgan fingerprint density at radius 3 is 2.50 bits per heavy atom. The van der Waals surface area contributed by atoms with E-state index >= 15 is 0 Å². The summed E-state index contributed by atoms with van der Waals surface area (Å²) in [5, 5.41) is 2.46. The van der Waals surface area contributed by atoms with Crippen molar-refractivity contribution in [2.24, 2.45) is 0 Å². The first kappa shape index (κ1) is 22.3. The number of sulfone groups is 1. The highest BCUT2D eigenvalue weighted by Crippen LogP contribution is 2.34. The maximum atomic E-state index is 14.8. The third kappa shape index (κ3) is 4.11. The maximum absolute atomic E-state index is 14.8. The van der Waals surface area contributed by atoms with Gasteiger partial charge in [0.25, 0.3) is 5.91 Å². The van der Waals surface area contributed by atoms with Crippen LogP contribution in [0.2, 0.25) is 0 Å². The van der Waals surface area contributed by atoms with Crippen LogP contribution < -0.4 is 16.0 Å². The predicted molar refractivity (Wildman–Crippen MR) is 131 cm³/mol. The van der Waals surface area contributed by atoms with Gasteiger partial charge in [0.15, 0.2) is 9.84 Å². The Morgan fingerprint density at radius 2 is 1.79 bits per heavy atom. The number of anilines is 2. The molecular formula is C25H25FN4O3S. The molecule has 0 spiro atoms. The SMILES string of the molecule is CS(=O)(=O)[C@@H]1CCN(c2ccc(-c3cc(-c4ccc5c(c4)CCNC5=O)c(N)nc3F)cc2)C1. The minimum atomic E-state index is -3.08. The third-order valence-corrected chi connectivity index (χ3v) is 8.24. The van der Waals surface area contributed by atoms with Crippen LogP contribution in [-0.4, -0.2) is 50.4 Å². The van der Waals surface area contributed by atoms with E-state index in [0.717, 1.165) is 16.8 Å². The van der Waals surface area contributed by atoms with Crippen molar-refractivity contribution in [1.29, 1.82) is 0 Å². The average Bonchev–Trinajstić information content (AvgIpc) is 3.30. The molecule has 1 atom stereocenters. The summed E-state index contributed by atoms with van der Waals surface area (Å²) in [7, 11) is -3.08. The average molecular weight is 481 g/mol. The van der Waals surface area contributed by atoms with Crippen LogP contribution in [0.3, 0.4) is 0 Å². The summed E-state index contributed by atoms with van der Waals surface area (Å²) in [5.74, 6) is -0.675. The van der Waals surface area contributed by atoms with Crippen molar-refractivity contribution >= 4 is 27.2 Å². The number of amides is 1.